The lowest BCUT2D eigenvalue weighted by Gasteiger charge is -2.17. The van der Waals surface area contributed by atoms with Gasteiger partial charge in [0.1, 0.15) is 0 Å². The van der Waals surface area contributed by atoms with E-state index in [9.17, 15) is 13.2 Å². The summed E-state index contributed by atoms with van der Waals surface area (Å²) in [5.74, 6) is 0. The lowest BCUT2D eigenvalue weighted by molar-refractivity contribution is -0.343. The summed E-state index contributed by atoms with van der Waals surface area (Å²) in [4.78, 5) is 2.41. The van der Waals surface area contributed by atoms with Crippen LogP contribution in [0.4, 0.5) is 13.2 Å². The van der Waals surface area contributed by atoms with Crippen molar-refractivity contribution >= 4 is 0 Å². The monoisotopic (exact) mass is 231 g/mol. The third-order valence-electron chi connectivity index (χ3n) is 1.76. The fraction of sp³-hybridized carbons (Fsp3) is 0.333. The van der Waals surface area contributed by atoms with Crippen LogP contribution in [0.3, 0.4) is 0 Å². The lowest BCUT2D eigenvalue weighted by atomic mass is 10.1. The Labute approximate surface area is 89.3 Å². The quantitative estimate of drug-likeness (QED) is 0.444. The number of ether oxygens (including phenoxy) is 1. The molecule has 0 aliphatic rings. The number of hydrogen-bond donors (Lipinski definition) is 0. The topological polar surface area (TPSA) is 58.0 Å². The van der Waals surface area contributed by atoms with Crippen LogP contribution in [0.5, 0.6) is 0 Å². The number of rotatable bonds is 4. The van der Waals surface area contributed by atoms with Crippen molar-refractivity contribution in [3.8, 4) is 0 Å². The van der Waals surface area contributed by atoms with Crippen LogP contribution in [0.15, 0.2) is 35.4 Å². The van der Waals surface area contributed by atoms with Crippen molar-refractivity contribution in [2.24, 2.45) is 5.11 Å². The Morgan fingerprint density at radius 1 is 1.31 bits per heavy atom. The molecule has 4 nitrogen and oxygen atoms in total. The second kappa shape index (κ2) is 5.39. The van der Waals surface area contributed by atoms with Gasteiger partial charge in [-0.05, 0) is 11.1 Å². The Morgan fingerprint density at radius 2 is 1.94 bits per heavy atom. The highest BCUT2D eigenvalue weighted by Crippen LogP contribution is 2.27. The zero-order valence-corrected chi connectivity index (χ0v) is 8.05. The molecular weight excluding hydrogens is 223 g/mol. The summed E-state index contributed by atoms with van der Waals surface area (Å²) in [7, 11) is 0. The van der Waals surface area contributed by atoms with E-state index in [0.29, 0.717) is 5.56 Å². The zero-order valence-electron chi connectivity index (χ0n) is 8.05. The smallest absolute Gasteiger partial charge is 0.284 e. The van der Waals surface area contributed by atoms with Crippen molar-refractivity contribution in [3.05, 3.63) is 46.3 Å². The Bertz CT molecular complexity index is 373. The minimum absolute atomic E-state index is 0.312. The van der Waals surface area contributed by atoms with Crippen molar-refractivity contribution in [2.75, 3.05) is 6.54 Å². The fourth-order valence-electron chi connectivity index (χ4n) is 1.15. The van der Waals surface area contributed by atoms with Crippen LogP contribution in [0, 0.1) is 0 Å². The molecule has 16 heavy (non-hydrogen) atoms. The minimum atomic E-state index is -4.76. The Balaban J connectivity index is 2.83. The Hall–Kier alpha value is -1.72. The summed E-state index contributed by atoms with van der Waals surface area (Å²) < 4.78 is 40.0. The van der Waals surface area contributed by atoms with Gasteiger partial charge in [0.2, 0.25) is 0 Å². The molecule has 1 atom stereocenters. The van der Waals surface area contributed by atoms with Gasteiger partial charge >= 0.3 is 6.36 Å². The molecule has 0 saturated carbocycles. The van der Waals surface area contributed by atoms with Crippen LogP contribution in [-0.4, -0.2) is 12.9 Å². The third-order valence-corrected chi connectivity index (χ3v) is 1.76. The van der Waals surface area contributed by atoms with Crippen LogP contribution < -0.4 is 0 Å². The average molecular weight is 231 g/mol. The molecule has 0 radical (unpaired) electrons. The normalized spacial score (nSPS) is 12.9. The third kappa shape index (κ3) is 4.20. The molecule has 0 bridgehead atoms. The molecule has 0 fully saturated rings. The summed E-state index contributed by atoms with van der Waals surface area (Å²) in [6, 6.07) is 7.78. The van der Waals surface area contributed by atoms with Gasteiger partial charge in [-0.1, -0.05) is 35.4 Å². The molecule has 1 aromatic carbocycles. The summed E-state index contributed by atoms with van der Waals surface area (Å²) in [6.07, 6.45) is -6.07. The average Bonchev–Trinajstić information content (AvgIpc) is 2.24. The van der Waals surface area contributed by atoms with Gasteiger partial charge in [0.25, 0.3) is 0 Å². The van der Waals surface area contributed by atoms with Gasteiger partial charge in [-0.25, -0.2) is 0 Å². The second-order valence-corrected chi connectivity index (χ2v) is 2.88. The summed E-state index contributed by atoms with van der Waals surface area (Å²) in [5.41, 5.74) is 8.39. The first-order chi connectivity index (χ1) is 7.53. The molecule has 1 unspecified atom stereocenters. The molecular formula is C9H8F3N3O. The van der Waals surface area contributed by atoms with E-state index in [-0.39, 0.29) is 0 Å². The van der Waals surface area contributed by atoms with E-state index < -0.39 is 19.0 Å². The molecule has 0 aromatic heterocycles. The maximum atomic E-state index is 12.1. The van der Waals surface area contributed by atoms with Crippen LogP contribution >= 0.6 is 0 Å². The van der Waals surface area contributed by atoms with Crippen molar-refractivity contribution < 1.29 is 17.9 Å². The molecule has 0 aliphatic carbocycles. The Kier molecular flexibility index (Phi) is 4.16. The van der Waals surface area contributed by atoms with Crippen molar-refractivity contribution in [3.63, 3.8) is 0 Å². The maximum Gasteiger partial charge on any atom is 0.523 e. The van der Waals surface area contributed by atoms with Gasteiger partial charge < -0.3 is 0 Å². The number of benzene rings is 1. The summed E-state index contributed by atoms with van der Waals surface area (Å²) in [6.45, 7) is -0.403. The molecule has 86 valence electrons. The maximum absolute atomic E-state index is 12.1. The van der Waals surface area contributed by atoms with E-state index in [0.717, 1.165) is 0 Å². The first-order valence-electron chi connectivity index (χ1n) is 4.33. The summed E-state index contributed by atoms with van der Waals surface area (Å²) in [5, 5.41) is 3.09. The number of hydrogen-bond acceptors (Lipinski definition) is 2. The van der Waals surface area contributed by atoms with Gasteiger partial charge in [0.15, 0.2) is 0 Å². The zero-order chi connectivity index (χ0) is 12.0. The lowest BCUT2D eigenvalue weighted by Crippen LogP contribution is -2.19. The SMILES string of the molecule is [N-]=[N+]=NCC(OC(F)(F)F)c1ccccc1. The first-order valence-corrected chi connectivity index (χ1v) is 4.33. The van der Waals surface area contributed by atoms with Crippen molar-refractivity contribution in [2.45, 2.75) is 12.5 Å². The number of halogens is 3. The largest absolute Gasteiger partial charge is 0.523 e. The predicted molar refractivity (Wildman–Crippen MR) is 50.3 cm³/mol. The highest BCUT2D eigenvalue weighted by molar-refractivity contribution is 5.18. The van der Waals surface area contributed by atoms with Gasteiger partial charge in [0, 0.05) is 4.91 Å². The molecule has 7 heteroatoms. The highest BCUT2D eigenvalue weighted by atomic mass is 19.4. The number of alkyl halides is 3. The van der Waals surface area contributed by atoms with Gasteiger partial charge in [0.05, 0.1) is 12.6 Å². The second-order valence-electron chi connectivity index (χ2n) is 2.88. The molecule has 1 rings (SSSR count). The molecule has 1 aromatic rings. The molecule has 0 aliphatic heterocycles. The number of nitrogens with zero attached hydrogens (tertiary/aromatic N) is 3. The van der Waals surface area contributed by atoms with E-state index >= 15 is 0 Å². The molecule has 0 N–H and O–H groups in total. The standard InChI is InChI=1S/C9H8F3N3O/c10-9(11,12)16-8(6-14-15-13)7-4-2-1-3-5-7/h1-5,8H,6H2. The molecule has 0 saturated heterocycles. The minimum Gasteiger partial charge on any atom is -0.284 e. The molecule has 0 spiro atoms. The van der Waals surface area contributed by atoms with Gasteiger partial charge in [-0.2, -0.15) is 0 Å². The first kappa shape index (κ1) is 12.4. The van der Waals surface area contributed by atoms with E-state index in [1.54, 1.807) is 18.2 Å². The van der Waals surface area contributed by atoms with Gasteiger partial charge in [-0.3, -0.25) is 4.74 Å². The van der Waals surface area contributed by atoms with E-state index in [2.05, 4.69) is 14.8 Å². The van der Waals surface area contributed by atoms with Crippen LogP contribution in [-0.2, 0) is 4.74 Å². The van der Waals surface area contributed by atoms with E-state index in [4.69, 9.17) is 5.53 Å². The fourth-order valence-corrected chi connectivity index (χ4v) is 1.15. The van der Waals surface area contributed by atoms with Gasteiger partial charge in [-0.15, -0.1) is 13.2 Å². The molecule has 0 amide bonds. The van der Waals surface area contributed by atoms with E-state index in [1.807, 2.05) is 0 Å². The predicted octanol–water partition coefficient (Wildman–Crippen LogP) is 3.57. The van der Waals surface area contributed by atoms with Crippen molar-refractivity contribution in [1.29, 1.82) is 0 Å². The van der Waals surface area contributed by atoms with E-state index in [1.165, 1.54) is 12.1 Å². The van der Waals surface area contributed by atoms with Crippen molar-refractivity contribution in [1.82, 2.24) is 0 Å². The molecule has 0 heterocycles. The Morgan fingerprint density at radius 3 is 2.44 bits per heavy atom. The number of azide groups is 1. The van der Waals surface area contributed by atoms with Crippen LogP contribution in [0.25, 0.3) is 10.4 Å². The van der Waals surface area contributed by atoms with Crippen LogP contribution in [0.2, 0.25) is 0 Å². The highest BCUT2D eigenvalue weighted by Gasteiger charge is 2.33. The summed E-state index contributed by atoms with van der Waals surface area (Å²) >= 11 is 0. The van der Waals surface area contributed by atoms with Crippen LogP contribution in [0.1, 0.15) is 11.7 Å².